The molecule has 1 rings (SSSR count). The van der Waals surface area contributed by atoms with E-state index in [0.717, 1.165) is 37.1 Å². The number of carbonyl (C=O) groups is 1. The molecule has 3 heteroatoms. The van der Waals surface area contributed by atoms with Gasteiger partial charge in [-0.1, -0.05) is 32.9 Å². The smallest absolute Gasteiger partial charge is 0.253 e. The van der Waals surface area contributed by atoms with Crippen LogP contribution in [0.3, 0.4) is 0 Å². The van der Waals surface area contributed by atoms with E-state index in [-0.39, 0.29) is 11.4 Å². The molecule has 0 heterocycles. The van der Waals surface area contributed by atoms with Gasteiger partial charge in [0.05, 0.1) is 5.56 Å². The fourth-order valence-electron chi connectivity index (χ4n) is 1.86. The highest BCUT2D eigenvalue weighted by Crippen LogP contribution is 2.19. The Balaban J connectivity index is 2.87. The number of para-hydroxylation sites is 1. The number of amides is 1. The van der Waals surface area contributed by atoms with Crippen molar-refractivity contribution in [2.24, 2.45) is 0 Å². The Morgan fingerprint density at radius 1 is 1.16 bits per heavy atom. The minimum Gasteiger partial charge on any atom is -0.384 e. The molecule has 0 saturated carbocycles. The highest BCUT2D eigenvalue weighted by Gasteiger charge is 2.23. The average molecular weight is 262 g/mol. The van der Waals surface area contributed by atoms with Crippen LogP contribution < -0.4 is 10.6 Å². The van der Waals surface area contributed by atoms with Crippen molar-refractivity contribution < 1.29 is 4.79 Å². The van der Waals surface area contributed by atoms with Gasteiger partial charge in [0.15, 0.2) is 0 Å². The summed E-state index contributed by atoms with van der Waals surface area (Å²) in [6.07, 6.45) is 2.90. The molecular formula is C16H26N2O. The summed E-state index contributed by atoms with van der Waals surface area (Å²) in [5.41, 5.74) is 1.51. The number of nitrogens with one attached hydrogen (secondary N) is 2. The molecule has 0 unspecified atom stereocenters. The van der Waals surface area contributed by atoms with Crippen LogP contribution in [-0.4, -0.2) is 18.0 Å². The van der Waals surface area contributed by atoms with Crippen LogP contribution in [0.4, 0.5) is 5.69 Å². The highest BCUT2D eigenvalue weighted by molar-refractivity contribution is 6.00. The standard InChI is InChI=1S/C16H26N2O/c1-5-12-17-14-11-9-8-10-13(14)15(19)18-16(4,6-2)7-3/h8-11,17H,5-7,12H2,1-4H3,(H,18,19). The lowest BCUT2D eigenvalue weighted by Crippen LogP contribution is -2.45. The van der Waals surface area contributed by atoms with E-state index in [2.05, 4.69) is 38.3 Å². The maximum Gasteiger partial charge on any atom is 0.253 e. The predicted molar refractivity (Wildman–Crippen MR) is 81.7 cm³/mol. The van der Waals surface area contributed by atoms with Gasteiger partial charge in [0.25, 0.3) is 5.91 Å². The van der Waals surface area contributed by atoms with Crippen LogP contribution in [-0.2, 0) is 0 Å². The third-order valence-corrected chi connectivity index (χ3v) is 3.71. The third kappa shape index (κ3) is 4.27. The highest BCUT2D eigenvalue weighted by atomic mass is 16.1. The van der Waals surface area contributed by atoms with Crippen molar-refractivity contribution in [2.75, 3.05) is 11.9 Å². The second-order valence-corrected chi connectivity index (χ2v) is 5.19. The number of carbonyl (C=O) groups excluding carboxylic acids is 1. The largest absolute Gasteiger partial charge is 0.384 e. The van der Waals surface area contributed by atoms with E-state index in [9.17, 15) is 4.79 Å². The van der Waals surface area contributed by atoms with Gasteiger partial charge >= 0.3 is 0 Å². The molecule has 0 atom stereocenters. The summed E-state index contributed by atoms with van der Waals surface area (Å²) >= 11 is 0. The van der Waals surface area contributed by atoms with Crippen LogP contribution in [0.15, 0.2) is 24.3 Å². The molecule has 0 aliphatic rings. The van der Waals surface area contributed by atoms with Gasteiger partial charge in [0.1, 0.15) is 0 Å². The summed E-state index contributed by atoms with van der Waals surface area (Å²) in [6.45, 7) is 9.28. The summed E-state index contributed by atoms with van der Waals surface area (Å²) in [5.74, 6) is 0.00500. The number of hydrogen-bond acceptors (Lipinski definition) is 2. The first-order valence-electron chi connectivity index (χ1n) is 7.21. The summed E-state index contributed by atoms with van der Waals surface area (Å²) in [6, 6.07) is 7.69. The summed E-state index contributed by atoms with van der Waals surface area (Å²) in [5, 5.41) is 6.45. The van der Waals surface area contributed by atoms with Crippen LogP contribution in [0.5, 0.6) is 0 Å². The molecule has 0 aliphatic carbocycles. The third-order valence-electron chi connectivity index (χ3n) is 3.71. The van der Waals surface area contributed by atoms with Gasteiger partial charge < -0.3 is 10.6 Å². The fraction of sp³-hybridized carbons (Fsp3) is 0.562. The van der Waals surface area contributed by atoms with E-state index in [4.69, 9.17) is 0 Å². The van der Waals surface area contributed by atoms with Crippen molar-refractivity contribution in [3.8, 4) is 0 Å². The monoisotopic (exact) mass is 262 g/mol. The van der Waals surface area contributed by atoms with Gasteiger partial charge in [0.2, 0.25) is 0 Å². The van der Waals surface area contributed by atoms with Crippen LogP contribution in [0.1, 0.15) is 57.3 Å². The molecule has 0 bridgehead atoms. The Hall–Kier alpha value is -1.51. The lowest BCUT2D eigenvalue weighted by molar-refractivity contribution is 0.0902. The molecule has 0 saturated heterocycles. The van der Waals surface area contributed by atoms with Crippen molar-refractivity contribution >= 4 is 11.6 Å². The molecule has 1 aromatic carbocycles. The zero-order chi connectivity index (χ0) is 14.3. The van der Waals surface area contributed by atoms with Crippen molar-refractivity contribution in [1.29, 1.82) is 0 Å². The SMILES string of the molecule is CCCNc1ccccc1C(=O)NC(C)(CC)CC. The van der Waals surface area contributed by atoms with Crippen molar-refractivity contribution in [3.05, 3.63) is 29.8 Å². The van der Waals surface area contributed by atoms with Gasteiger partial charge in [-0.05, 0) is 38.3 Å². The molecular weight excluding hydrogens is 236 g/mol. The van der Waals surface area contributed by atoms with Gasteiger partial charge in [0, 0.05) is 17.8 Å². The molecule has 0 spiro atoms. The second kappa shape index (κ2) is 7.17. The first-order chi connectivity index (χ1) is 9.06. The molecule has 0 aliphatic heterocycles. The molecule has 0 radical (unpaired) electrons. The van der Waals surface area contributed by atoms with E-state index < -0.39 is 0 Å². The molecule has 0 fully saturated rings. The quantitative estimate of drug-likeness (QED) is 0.784. The lowest BCUT2D eigenvalue weighted by Gasteiger charge is -2.28. The Morgan fingerprint density at radius 2 is 1.79 bits per heavy atom. The van der Waals surface area contributed by atoms with Gasteiger partial charge in [-0.2, -0.15) is 0 Å². The van der Waals surface area contributed by atoms with E-state index in [1.165, 1.54) is 0 Å². The number of benzene rings is 1. The Kier molecular flexibility index (Phi) is 5.87. The van der Waals surface area contributed by atoms with Crippen LogP contribution >= 0.6 is 0 Å². The first-order valence-corrected chi connectivity index (χ1v) is 7.21. The minimum atomic E-state index is -0.130. The first kappa shape index (κ1) is 15.5. The average Bonchev–Trinajstić information content (AvgIpc) is 2.45. The molecule has 0 aromatic heterocycles. The molecule has 19 heavy (non-hydrogen) atoms. The van der Waals surface area contributed by atoms with E-state index in [0.29, 0.717) is 0 Å². The fourth-order valence-corrected chi connectivity index (χ4v) is 1.86. The summed E-state index contributed by atoms with van der Waals surface area (Å²) in [4.78, 5) is 12.4. The summed E-state index contributed by atoms with van der Waals surface area (Å²) < 4.78 is 0. The Labute approximate surface area is 116 Å². The van der Waals surface area contributed by atoms with Gasteiger partial charge in [-0.15, -0.1) is 0 Å². The maximum atomic E-state index is 12.4. The van der Waals surface area contributed by atoms with Crippen molar-refractivity contribution in [2.45, 2.75) is 52.5 Å². The summed E-state index contributed by atoms with van der Waals surface area (Å²) in [7, 11) is 0. The molecule has 1 aromatic rings. The van der Waals surface area contributed by atoms with Crippen LogP contribution in [0, 0.1) is 0 Å². The van der Waals surface area contributed by atoms with Crippen LogP contribution in [0.2, 0.25) is 0 Å². The number of rotatable bonds is 7. The van der Waals surface area contributed by atoms with Crippen molar-refractivity contribution in [3.63, 3.8) is 0 Å². The topological polar surface area (TPSA) is 41.1 Å². The van der Waals surface area contributed by atoms with Crippen LogP contribution in [0.25, 0.3) is 0 Å². The van der Waals surface area contributed by atoms with E-state index in [1.54, 1.807) is 0 Å². The molecule has 3 nitrogen and oxygen atoms in total. The zero-order valence-corrected chi connectivity index (χ0v) is 12.5. The van der Waals surface area contributed by atoms with E-state index >= 15 is 0 Å². The lowest BCUT2D eigenvalue weighted by atomic mass is 9.95. The Bertz CT molecular complexity index is 411. The second-order valence-electron chi connectivity index (χ2n) is 5.19. The zero-order valence-electron chi connectivity index (χ0n) is 12.5. The molecule has 2 N–H and O–H groups in total. The molecule has 1 amide bonds. The normalized spacial score (nSPS) is 11.2. The number of hydrogen-bond donors (Lipinski definition) is 2. The van der Waals surface area contributed by atoms with Gasteiger partial charge in [-0.25, -0.2) is 0 Å². The van der Waals surface area contributed by atoms with Crippen molar-refractivity contribution in [1.82, 2.24) is 5.32 Å². The number of anilines is 1. The predicted octanol–water partition coefficient (Wildman–Crippen LogP) is 3.82. The maximum absolute atomic E-state index is 12.4. The minimum absolute atomic E-state index is 0.00500. The van der Waals surface area contributed by atoms with E-state index in [1.807, 2.05) is 24.3 Å². The Morgan fingerprint density at radius 3 is 2.37 bits per heavy atom. The van der Waals surface area contributed by atoms with Gasteiger partial charge in [-0.3, -0.25) is 4.79 Å². The molecule has 106 valence electrons.